The van der Waals surface area contributed by atoms with Crippen molar-refractivity contribution in [2.45, 2.75) is 19.4 Å². The second kappa shape index (κ2) is 4.75. The van der Waals surface area contributed by atoms with Gasteiger partial charge in [-0.2, -0.15) is 0 Å². The topological polar surface area (TPSA) is 38.0 Å². The zero-order valence-electron chi connectivity index (χ0n) is 8.25. The van der Waals surface area contributed by atoms with Crippen molar-refractivity contribution in [2.24, 2.45) is 5.84 Å². The van der Waals surface area contributed by atoms with Crippen molar-refractivity contribution in [1.29, 1.82) is 0 Å². The van der Waals surface area contributed by atoms with E-state index in [0.29, 0.717) is 0 Å². The first-order chi connectivity index (χ1) is 7.45. The number of halogens is 5. The summed E-state index contributed by atoms with van der Waals surface area (Å²) in [5.74, 6) is -4.87. The second-order valence-electron chi connectivity index (χ2n) is 3.11. The summed E-state index contributed by atoms with van der Waals surface area (Å²) >= 11 is 0. The third kappa shape index (κ3) is 1.88. The Hall–Kier alpha value is -1.21. The lowest BCUT2D eigenvalue weighted by atomic mass is 10.0. The molecule has 1 unspecified atom stereocenters. The van der Waals surface area contributed by atoms with Crippen molar-refractivity contribution in [3.8, 4) is 0 Å². The van der Waals surface area contributed by atoms with Gasteiger partial charge in [0.05, 0.1) is 6.04 Å². The second-order valence-corrected chi connectivity index (χ2v) is 3.11. The predicted molar refractivity (Wildman–Crippen MR) is 46.6 cm³/mol. The molecule has 0 radical (unpaired) electrons. The molecule has 0 aliphatic heterocycles. The molecule has 0 saturated heterocycles. The van der Waals surface area contributed by atoms with Gasteiger partial charge in [0.15, 0.2) is 23.3 Å². The Kier molecular flexibility index (Phi) is 3.82. The van der Waals surface area contributed by atoms with E-state index >= 15 is 0 Å². The molecule has 0 saturated carbocycles. The standard InChI is InChI=1S/C9H9F5N2/c1-2-3(16-15)4-5(10)7(12)9(14)8(13)6(4)11/h3,16H,2,15H2,1H3. The maximum Gasteiger partial charge on any atom is 0.200 e. The van der Waals surface area contributed by atoms with Crippen molar-refractivity contribution in [3.63, 3.8) is 0 Å². The molecule has 7 heteroatoms. The van der Waals surface area contributed by atoms with E-state index in [2.05, 4.69) is 0 Å². The molecule has 3 N–H and O–H groups in total. The van der Waals surface area contributed by atoms with Crippen molar-refractivity contribution in [3.05, 3.63) is 34.6 Å². The van der Waals surface area contributed by atoms with Crippen molar-refractivity contribution in [1.82, 2.24) is 5.43 Å². The van der Waals surface area contributed by atoms with Crippen molar-refractivity contribution in [2.75, 3.05) is 0 Å². The first-order valence-corrected chi connectivity index (χ1v) is 4.43. The third-order valence-corrected chi connectivity index (χ3v) is 2.20. The monoisotopic (exact) mass is 240 g/mol. The van der Waals surface area contributed by atoms with Gasteiger partial charge in [0.25, 0.3) is 0 Å². The van der Waals surface area contributed by atoms with E-state index in [1.54, 1.807) is 0 Å². The minimum absolute atomic E-state index is 0.0782. The molecule has 1 aromatic rings. The van der Waals surface area contributed by atoms with E-state index in [1.807, 2.05) is 5.43 Å². The van der Waals surface area contributed by atoms with Gasteiger partial charge in [0.1, 0.15) is 0 Å². The summed E-state index contributed by atoms with van der Waals surface area (Å²) in [7, 11) is 0. The van der Waals surface area contributed by atoms with Crippen LogP contribution in [0.2, 0.25) is 0 Å². The van der Waals surface area contributed by atoms with Crippen LogP contribution < -0.4 is 11.3 Å². The Morgan fingerprint density at radius 1 is 0.938 bits per heavy atom. The maximum absolute atomic E-state index is 13.2. The quantitative estimate of drug-likeness (QED) is 0.280. The highest BCUT2D eigenvalue weighted by atomic mass is 19.2. The maximum atomic E-state index is 13.2. The molecule has 0 fully saturated rings. The fourth-order valence-corrected chi connectivity index (χ4v) is 1.33. The zero-order valence-corrected chi connectivity index (χ0v) is 8.25. The SMILES string of the molecule is CCC(NN)c1c(F)c(F)c(F)c(F)c1F. The lowest BCUT2D eigenvalue weighted by Crippen LogP contribution is -2.30. The highest BCUT2D eigenvalue weighted by molar-refractivity contribution is 5.26. The van der Waals surface area contributed by atoms with Gasteiger partial charge in [-0.05, 0) is 6.42 Å². The van der Waals surface area contributed by atoms with Gasteiger partial charge in [0, 0.05) is 5.56 Å². The average Bonchev–Trinajstić information content (AvgIpc) is 2.29. The van der Waals surface area contributed by atoms with Gasteiger partial charge in [-0.25, -0.2) is 22.0 Å². The van der Waals surface area contributed by atoms with Crippen LogP contribution >= 0.6 is 0 Å². The fourth-order valence-electron chi connectivity index (χ4n) is 1.33. The molecular weight excluding hydrogens is 231 g/mol. The number of hydrogen-bond acceptors (Lipinski definition) is 2. The summed E-state index contributed by atoms with van der Waals surface area (Å²) in [6.07, 6.45) is 0.0782. The number of nitrogens with two attached hydrogens (primary N) is 1. The minimum atomic E-state index is -2.18. The molecule has 16 heavy (non-hydrogen) atoms. The molecule has 0 aromatic heterocycles. The normalized spacial score (nSPS) is 12.9. The largest absolute Gasteiger partial charge is 0.271 e. The molecule has 90 valence electrons. The molecule has 0 heterocycles. The molecule has 1 aromatic carbocycles. The summed E-state index contributed by atoms with van der Waals surface area (Å²) in [5, 5.41) is 0. The number of hydrogen-bond donors (Lipinski definition) is 2. The van der Waals surface area contributed by atoms with Gasteiger partial charge >= 0.3 is 0 Å². The van der Waals surface area contributed by atoms with E-state index in [4.69, 9.17) is 5.84 Å². The molecule has 0 spiro atoms. The Balaban J connectivity index is 3.50. The Morgan fingerprint density at radius 2 is 1.31 bits per heavy atom. The van der Waals surface area contributed by atoms with Crippen LogP contribution in [0.1, 0.15) is 24.9 Å². The van der Waals surface area contributed by atoms with Crippen molar-refractivity contribution < 1.29 is 22.0 Å². The Morgan fingerprint density at radius 3 is 1.62 bits per heavy atom. The third-order valence-electron chi connectivity index (χ3n) is 2.20. The number of benzene rings is 1. The highest BCUT2D eigenvalue weighted by Gasteiger charge is 2.29. The summed E-state index contributed by atoms with van der Waals surface area (Å²) < 4.78 is 64.7. The van der Waals surface area contributed by atoms with Crippen molar-refractivity contribution >= 4 is 0 Å². The van der Waals surface area contributed by atoms with Crippen LogP contribution in [0.4, 0.5) is 22.0 Å². The van der Waals surface area contributed by atoms with Gasteiger partial charge in [-0.1, -0.05) is 6.92 Å². The van der Waals surface area contributed by atoms with Gasteiger partial charge in [-0.15, -0.1) is 0 Å². The van der Waals surface area contributed by atoms with Crippen LogP contribution in [0, 0.1) is 29.1 Å². The number of nitrogens with one attached hydrogen (secondary N) is 1. The van der Waals surface area contributed by atoms with E-state index in [0.717, 1.165) is 0 Å². The summed E-state index contributed by atoms with van der Waals surface area (Å²) in [6, 6.07) is -1.13. The first-order valence-electron chi connectivity index (χ1n) is 4.43. The van der Waals surface area contributed by atoms with E-state index < -0.39 is 40.7 Å². The van der Waals surface area contributed by atoms with E-state index in [9.17, 15) is 22.0 Å². The zero-order chi connectivity index (χ0) is 12.5. The molecular formula is C9H9F5N2. The minimum Gasteiger partial charge on any atom is -0.271 e. The smallest absolute Gasteiger partial charge is 0.200 e. The lowest BCUT2D eigenvalue weighted by molar-refractivity contribution is 0.354. The number of rotatable bonds is 3. The van der Waals surface area contributed by atoms with E-state index in [1.165, 1.54) is 6.92 Å². The highest BCUT2D eigenvalue weighted by Crippen LogP contribution is 2.28. The van der Waals surface area contributed by atoms with Gasteiger partial charge in [-0.3, -0.25) is 11.3 Å². The summed E-state index contributed by atoms with van der Waals surface area (Å²) in [6.45, 7) is 1.49. The Labute approximate surface area is 88.2 Å². The average molecular weight is 240 g/mol. The van der Waals surface area contributed by atoms with Crippen LogP contribution in [0.3, 0.4) is 0 Å². The lowest BCUT2D eigenvalue weighted by Gasteiger charge is -2.16. The molecule has 1 rings (SSSR count). The van der Waals surface area contributed by atoms with Crippen LogP contribution in [0.15, 0.2) is 0 Å². The van der Waals surface area contributed by atoms with Gasteiger partial charge < -0.3 is 0 Å². The molecule has 2 nitrogen and oxygen atoms in total. The Bertz CT molecular complexity index is 374. The predicted octanol–water partition coefficient (Wildman–Crippen LogP) is 2.30. The van der Waals surface area contributed by atoms with E-state index in [-0.39, 0.29) is 6.42 Å². The first kappa shape index (κ1) is 12.9. The summed E-state index contributed by atoms with van der Waals surface area (Å²) in [5.41, 5.74) is 1.04. The molecule has 1 atom stereocenters. The fraction of sp³-hybridized carbons (Fsp3) is 0.333. The van der Waals surface area contributed by atoms with Gasteiger partial charge in [0.2, 0.25) is 5.82 Å². The molecule has 0 aliphatic carbocycles. The van der Waals surface area contributed by atoms with Crippen LogP contribution in [0.5, 0.6) is 0 Å². The van der Waals surface area contributed by atoms with Crippen LogP contribution in [-0.2, 0) is 0 Å². The van der Waals surface area contributed by atoms with Crippen LogP contribution in [0.25, 0.3) is 0 Å². The number of hydrazine groups is 1. The summed E-state index contributed by atoms with van der Waals surface area (Å²) in [4.78, 5) is 0. The molecule has 0 amide bonds. The molecule has 0 bridgehead atoms. The van der Waals surface area contributed by atoms with Crippen LogP contribution in [-0.4, -0.2) is 0 Å². The molecule has 0 aliphatic rings.